The summed E-state index contributed by atoms with van der Waals surface area (Å²) in [5.41, 5.74) is 1.25. The molecule has 3 aromatic rings. The lowest BCUT2D eigenvalue weighted by atomic mass is 9.90. The van der Waals surface area contributed by atoms with E-state index in [0.717, 1.165) is 47.2 Å². The van der Waals surface area contributed by atoms with Crippen LogP contribution in [0.25, 0.3) is 5.69 Å². The molecule has 0 radical (unpaired) electrons. The summed E-state index contributed by atoms with van der Waals surface area (Å²) in [6.07, 6.45) is 4.59. The molecule has 9 nitrogen and oxygen atoms in total. The van der Waals surface area contributed by atoms with Crippen molar-refractivity contribution in [3.8, 4) is 11.8 Å². The monoisotopic (exact) mass is 458 g/mol. The van der Waals surface area contributed by atoms with E-state index in [1.165, 1.54) is 12.1 Å². The normalized spacial score (nSPS) is 12.9. The van der Waals surface area contributed by atoms with Crippen molar-refractivity contribution in [2.75, 3.05) is 0 Å². The molecule has 0 unspecified atom stereocenters. The molecular weight excluding hydrogens is 443 g/mol. The lowest BCUT2D eigenvalue weighted by molar-refractivity contribution is 0.649. The molecule has 0 aliphatic heterocycles. The van der Waals surface area contributed by atoms with E-state index >= 15 is 0 Å². The average molecular weight is 459 g/mol. The number of nitrogens with zero attached hydrogens (tertiary/aromatic N) is 4. The van der Waals surface area contributed by atoms with E-state index in [9.17, 15) is 14.4 Å². The molecule has 0 saturated carbocycles. The van der Waals surface area contributed by atoms with Gasteiger partial charge in [-0.3, -0.25) is 14.6 Å². The van der Waals surface area contributed by atoms with Crippen LogP contribution in [-0.2, 0) is 25.7 Å². The minimum absolute atomic E-state index is 0.130. The minimum atomic E-state index is -0.866. The number of H-pyrrole nitrogens is 2. The van der Waals surface area contributed by atoms with E-state index in [0.29, 0.717) is 28.5 Å². The first-order valence-electron chi connectivity index (χ1n) is 9.60. The first-order chi connectivity index (χ1) is 14.9. The van der Waals surface area contributed by atoms with E-state index in [1.807, 2.05) is 4.98 Å². The number of hydrogen-bond donors (Lipinski definition) is 2. The fourth-order valence-corrected chi connectivity index (χ4v) is 4.44. The van der Waals surface area contributed by atoms with Gasteiger partial charge in [-0.1, -0.05) is 23.2 Å². The Morgan fingerprint density at radius 2 is 1.71 bits per heavy atom. The van der Waals surface area contributed by atoms with Crippen LogP contribution in [0, 0.1) is 11.3 Å². The molecule has 1 aromatic carbocycles. The van der Waals surface area contributed by atoms with Crippen LogP contribution in [0.2, 0.25) is 10.0 Å². The van der Waals surface area contributed by atoms with Crippen molar-refractivity contribution in [1.82, 2.24) is 25.0 Å². The molecule has 0 bridgehead atoms. The molecular formula is C20H16Cl2N6O3. The Labute approximate surface area is 185 Å². The van der Waals surface area contributed by atoms with Crippen molar-refractivity contribution in [2.45, 2.75) is 38.5 Å². The van der Waals surface area contributed by atoms with Crippen LogP contribution in [0.3, 0.4) is 0 Å². The van der Waals surface area contributed by atoms with Crippen LogP contribution in [0.1, 0.15) is 40.9 Å². The Morgan fingerprint density at radius 1 is 1.03 bits per heavy atom. The Hall–Kier alpha value is -3.22. The molecule has 11 heteroatoms. The van der Waals surface area contributed by atoms with Gasteiger partial charge in [0, 0.05) is 15.6 Å². The Kier molecular flexibility index (Phi) is 5.76. The molecule has 31 heavy (non-hydrogen) atoms. The van der Waals surface area contributed by atoms with Crippen molar-refractivity contribution in [2.24, 2.45) is 0 Å². The Balaban J connectivity index is 1.66. The van der Waals surface area contributed by atoms with Crippen LogP contribution in [0.5, 0.6) is 0 Å². The number of nitriles is 1. The quantitative estimate of drug-likeness (QED) is 0.611. The topological polar surface area (TPSA) is 137 Å². The predicted octanol–water partition coefficient (Wildman–Crippen LogP) is 1.85. The highest BCUT2D eigenvalue weighted by molar-refractivity contribution is 6.36. The zero-order chi connectivity index (χ0) is 22.1. The van der Waals surface area contributed by atoms with Gasteiger partial charge in [0.2, 0.25) is 5.69 Å². The van der Waals surface area contributed by atoms with Gasteiger partial charge in [0.1, 0.15) is 6.07 Å². The largest absolute Gasteiger partial charge is 0.349 e. The second kappa shape index (κ2) is 8.49. The number of nitrogens with one attached hydrogen (secondary N) is 2. The summed E-state index contributed by atoms with van der Waals surface area (Å²) in [5, 5.41) is 20.2. The van der Waals surface area contributed by atoms with Gasteiger partial charge in [-0.2, -0.15) is 15.0 Å². The molecule has 0 fully saturated rings. The van der Waals surface area contributed by atoms with Crippen LogP contribution in [-0.4, -0.2) is 25.0 Å². The minimum Gasteiger partial charge on any atom is -0.270 e. The molecule has 2 N–H and O–H groups in total. The maximum absolute atomic E-state index is 12.1. The van der Waals surface area contributed by atoms with Gasteiger partial charge in [0.25, 0.3) is 11.1 Å². The summed E-state index contributed by atoms with van der Waals surface area (Å²) in [6.45, 7) is 0. The number of aryl methyl sites for hydroxylation is 1. The standard InChI is InChI=1S/C20H16Cl2N6O3/c21-14-7-10(28-20(31)24-19(30)17(9-23)27-28)8-15(22)13(14)5-6-16-11-3-1-2-4-12(11)18(29)26-25-16/h7-8H,1-6H2,(H,26,29)(H,24,30,31). The molecule has 1 aliphatic rings. The highest BCUT2D eigenvalue weighted by Gasteiger charge is 2.19. The first-order valence-corrected chi connectivity index (χ1v) is 10.4. The van der Waals surface area contributed by atoms with Crippen molar-refractivity contribution in [1.29, 1.82) is 5.26 Å². The average Bonchev–Trinajstić information content (AvgIpc) is 2.75. The van der Waals surface area contributed by atoms with Gasteiger partial charge in [0.05, 0.1) is 11.4 Å². The van der Waals surface area contributed by atoms with Gasteiger partial charge in [-0.15, -0.1) is 5.10 Å². The predicted molar refractivity (Wildman–Crippen MR) is 114 cm³/mol. The number of fused-ring (bicyclic) bond motifs is 1. The third-order valence-electron chi connectivity index (χ3n) is 5.30. The van der Waals surface area contributed by atoms with Gasteiger partial charge in [-0.25, -0.2) is 9.89 Å². The van der Waals surface area contributed by atoms with Gasteiger partial charge in [-0.05, 0) is 61.8 Å². The smallest absolute Gasteiger partial charge is 0.270 e. The number of benzene rings is 1. The number of hydrogen-bond acceptors (Lipinski definition) is 6. The molecule has 2 aromatic heterocycles. The number of aromatic nitrogens is 5. The molecule has 4 rings (SSSR count). The van der Waals surface area contributed by atoms with Crippen molar-refractivity contribution in [3.05, 3.63) is 81.4 Å². The number of rotatable bonds is 4. The van der Waals surface area contributed by atoms with Crippen LogP contribution in [0.4, 0.5) is 0 Å². The van der Waals surface area contributed by atoms with Gasteiger partial charge < -0.3 is 0 Å². The van der Waals surface area contributed by atoms with E-state index in [2.05, 4.69) is 15.3 Å². The Morgan fingerprint density at radius 3 is 2.39 bits per heavy atom. The first kappa shape index (κ1) is 21.0. The van der Waals surface area contributed by atoms with E-state index in [-0.39, 0.29) is 11.2 Å². The highest BCUT2D eigenvalue weighted by atomic mass is 35.5. The zero-order valence-corrected chi connectivity index (χ0v) is 17.7. The number of aromatic amines is 2. The van der Waals surface area contributed by atoms with E-state index in [4.69, 9.17) is 28.5 Å². The molecule has 0 saturated heterocycles. The van der Waals surface area contributed by atoms with Crippen molar-refractivity contribution in [3.63, 3.8) is 0 Å². The Bertz CT molecular complexity index is 1380. The third-order valence-corrected chi connectivity index (χ3v) is 5.97. The maximum atomic E-state index is 12.1. The number of halogens is 2. The molecule has 1 aliphatic carbocycles. The van der Waals surface area contributed by atoms with Crippen LogP contribution < -0.4 is 16.8 Å². The second-order valence-electron chi connectivity index (χ2n) is 7.18. The maximum Gasteiger partial charge on any atom is 0.349 e. The van der Waals surface area contributed by atoms with Gasteiger partial charge >= 0.3 is 5.69 Å². The fraction of sp³-hybridized carbons (Fsp3) is 0.300. The summed E-state index contributed by atoms with van der Waals surface area (Å²) in [4.78, 5) is 37.7. The zero-order valence-electron chi connectivity index (χ0n) is 16.2. The molecule has 2 heterocycles. The SMILES string of the molecule is N#Cc1nn(-c2cc(Cl)c(CCc3n[nH]c(=O)c4c3CCCC4)c(Cl)c2)c(=O)[nH]c1=O. The van der Waals surface area contributed by atoms with Gasteiger partial charge in [0.15, 0.2) is 0 Å². The molecule has 0 amide bonds. The van der Waals surface area contributed by atoms with E-state index < -0.39 is 16.9 Å². The van der Waals surface area contributed by atoms with Crippen LogP contribution >= 0.6 is 23.2 Å². The second-order valence-corrected chi connectivity index (χ2v) is 8.00. The van der Waals surface area contributed by atoms with Crippen molar-refractivity contribution < 1.29 is 0 Å². The van der Waals surface area contributed by atoms with E-state index in [1.54, 1.807) is 6.07 Å². The van der Waals surface area contributed by atoms with Crippen LogP contribution in [0.15, 0.2) is 26.5 Å². The molecule has 0 atom stereocenters. The summed E-state index contributed by atoms with van der Waals surface area (Å²) in [6, 6.07) is 4.61. The molecule has 158 valence electrons. The van der Waals surface area contributed by atoms with Crippen molar-refractivity contribution >= 4 is 23.2 Å². The lowest BCUT2D eigenvalue weighted by Gasteiger charge is -2.17. The summed E-state index contributed by atoms with van der Waals surface area (Å²) >= 11 is 12.9. The fourth-order valence-electron chi connectivity index (χ4n) is 3.78. The third kappa shape index (κ3) is 4.04. The molecule has 0 spiro atoms. The summed E-state index contributed by atoms with van der Waals surface area (Å²) in [5.74, 6) is 0. The highest BCUT2D eigenvalue weighted by Crippen LogP contribution is 2.30. The lowest BCUT2D eigenvalue weighted by Crippen LogP contribution is -2.33. The summed E-state index contributed by atoms with van der Waals surface area (Å²) in [7, 11) is 0. The summed E-state index contributed by atoms with van der Waals surface area (Å²) < 4.78 is 0.862.